The molecule has 73 heavy (non-hydrogen) atoms. The normalized spacial score (nSPS) is 14.3. The van der Waals surface area contributed by atoms with Crippen LogP contribution in [-0.2, 0) is 56.0 Å². The number of hydrogen-bond donors (Lipinski definition) is 11. The van der Waals surface area contributed by atoms with Gasteiger partial charge in [0.25, 0.3) is 0 Å². The Hall–Kier alpha value is -6.38. The molecule has 0 fully saturated rings. The Morgan fingerprint density at radius 3 is 1.70 bits per heavy atom. The first-order valence-electron chi connectivity index (χ1n) is 26.2. The number of unbranched alkanes of at least 4 members (excludes halogenated alkanes) is 12. The fourth-order valence-corrected chi connectivity index (χ4v) is 7.99. The van der Waals surface area contributed by atoms with Crippen LogP contribution in [0.5, 0.6) is 0 Å². The third kappa shape index (κ3) is 25.7. The number of aromatic nitrogens is 2. The van der Waals surface area contributed by atoms with Gasteiger partial charge < -0.3 is 58.4 Å². The van der Waals surface area contributed by atoms with Gasteiger partial charge in [-0.3, -0.25) is 43.2 Å². The van der Waals surface area contributed by atoms with Crippen LogP contribution in [0.3, 0.4) is 0 Å². The van der Waals surface area contributed by atoms with Gasteiger partial charge in [-0.2, -0.15) is 0 Å². The Balaban J connectivity index is 2.00. The first-order valence-corrected chi connectivity index (χ1v) is 26.2. The number of hydrogen-bond acceptors (Lipinski definition) is 11. The Morgan fingerprint density at radius 1 is 0.603 bits per heavy atom. The van der Waals surface area contributed by atoms with E-state index in [0.717, 1.165) is 31.2 Å². The van der Waals surface area contributed by atoms with Crippen LogP contribution in [0, 0.1) is 5.92 Å². The summed E-state index contributed by atoms with van der Waals surface area (Å²) in [4.78, 5) is 125. The van der Waals surface area contributed by atoms with E-state index in [9.17, 15) is 48.3 Å². The molecule has 0 spiro atoms. The zero-order valence-corrected chi connectivity index (χ0v) is 43.9. The minimum Gasteiger partial charge on any atom is -0.391 e. The molecule has 408 valence electrons. The van der Waals surface area contributed by atoms with Gasteiger partial charge in [-0.1, -0.05) is 135 Å². The molecular formula is C52H85N11O10. The van der Waals surface area contributed by atoms with Crippen molar-refractivity contribution >= 4 is 53.2 Å². The van der Waals surface area contributed by atoms with Crippen molar-refractivity contribution in [2.75, 3.05) is 13.6 Å². The highest BCUT2D eigenvalue weighted by atomic mass is 16.3. The van der Waals surface area contributed by atoms with Crippen LogP contribution in [0.25, 0.3) is 0 Å². The summed E-state index contributed by atoms with van der Waals surface area (Å²) in [6, 6.07) is 1.54. The van der Waals surface area contributed by atoms with E-state index in [1.807, 2.05) is 18.2 Å². The maximum Gasteiger partial charge on any atom is 0.245 e. The molecule has 12 N–H and O–H groups in total. The monoisotopic (exact) mass is 1020 g/mol. The Morgan fingerprint density at radius 2 is 1.15 bits per heavy atom. The lowest BCUT2D eigenvalue weighted by Crippen LogP contribution is -2.61. The number of H-pyrrole nitrogens is 1. The summed E-state index contributed by atoms with van der Waals surface area (Å²) >= 11 is 0. The summed E-state index contributed by atoms with van der Waals surface area (Å²) in [5, 5.41) is 31.2. The minimum atomic E-state index is -1.60. The second-order valence-corrected chi connectivity index (χ2v) is 18.9. The van der Waals surface area contributed by atoms with Gasteiger partial charge in [0.05, 0.1) is 19.0 Å². The maximum absolute atomic E-state index is 13.7. The van der Waals surface area contributed by atoms with Crippen LogP contribution < -0.4 is 48.3 Å². The number of imidazole rings is 1. The topological polar surface area (TPSA) is 325 Å². The number of aromatic amines is 1. The van der Waals surface area contributed by atoms with Crippen LogP contribution >= 0.6 is 0 Å². The molecular weight excluding hydrogens is 939 g/mol. The van der Waals surface area contributed by atoms with Gasteiger partial charge >= 0.3 is 0 Å². The number of amides is 9. The van der Waals surface area contributed by atoms with Gasteiger partial charge in [0.15, 0.2) is 0 Å². The second kappa shape index (κ2) is 35.7. The lowest BCUT2D eigenvalue weighted by atomic mass is 9.97. The minimum absolute atomic E-state index is 0.0297. The molecule has 1 aromatic carbocycles. The number of likely N-dealkylation sites (N-methyl/N-ethyl adjacent to an activating group) is 1. The molecule has 0 aliphatic rings. The molecule has 0 aliphatic heterocycles. The van der Waals surface area contributed by atoms with E-state index in [2.05, 4.69) is 59.4 Å². The molecule has 21 nitrogen and oxygen atoms in total. The summed E-state index contributed by atoms with van der Waals surface area (Å²) in [7, 11) is 1.44. The van der Waals surface area contributed by atoms with E-state index in [-0.39, 0.29) is 32.1 Å². The smallest absolute Gasteiger partial charge is 0.245 e. The number of carbonyl (C=O) groups is 9. The first kappa shape index (κ1) is 62.7. The molecule has 1 heterocycles. The zero-order chi connectivity index (χ0) is 54.1. The number of benzene rings is 1. The third-order valence-electron chi connectivity index (χ3n) is 12.7. The lowest BCUT2D eigenvalue weighted by molar-refractivity contribution is -0.137. The number of primary amides is 1. The van der Waals surface area contributed by atoms with Crippen molar-refractivity contribution in [2.45, 2.75) is 199 Å². The van der Waals surface area contributed by atoms with Gasteiger partial charge in [0, 0.05) is 44.6 Å². The van der Waals surface area contributed by atoms with E-state index in [4.69, 9.17) is 5.73 Å². The van der Waals surface area contributed by atoms with Crippen molar-refractivity contribution in [3.05, 3.63) is 54.1 Å². The van der Waals surface area contributed by atoms with Gasteiger partial charge in [-0.25, -0.2) is 4.98 Å². The van der Waals surface area contributed by atoms with Gasteiger partial charge in [-0.05, 0) is 38.2 Å². The number of carbonyl (C=O) groups excluding carboxylic acids is 9. The van der Waals surface area contributed by atoms with Crippen LogP contribution in [0.15, 0.2) is 42.9 Å². The Labute approximate surface area is 431 Å². The predicted molar refractivity (Wildman–Crippen MR) is 277 cm³/mol. The standard InChI is InChI=1S/C52H85N11O10/c1-7-9-10-11-12-13-14-15-16-17-18-19-23-26-43(66)59-39(27-28-42(53)65)49(70)63-46(36(5)64)52(73)62-45(34(3)8-2)51(72)58-35(4)47(68)56-32-44(67)60-41(30-38-31-55-33-57-38)50(71)61-40(48(69)54-6)29-37-24-21-20-22-25-37/h20-22,24-25,31,33-36,39-41,45-46,64H,7-19,23,26-30,32H2,1-6H3,(H2,53,65)(H,54,69)(H,55,57)(H,56,68)(H,58,72)(H,59,66)(H,60,67)(H,61,71)(H,62,73)(H,63,70)/t34-,35-,36+,39-,40-,41-,45-,46-/m0/s1. The highest BCUT2D eigenvalue weighted by Gasteiger charge is 2.35. The number of aliphatic hydroxyl groups excluding tert-OH is 1. The van der Waals surface area contributed by atoms with Crippen molar-refractivity contribution < 1.29 is 48.3 Å². The number of nitrogens with zero attached hydrogens (tertiary/aromatic N) is 1. The molecule has 0 unspecified atom stereocenters. The summed E-state index contributed by atoms with van der Waals surface area (Å²) in [6.45, 7) is 7.68. The van der Waals surface area contributed by atoms with E-state index >= 15 is 0 Å². The molecule has 2 aromatic rings. The van der Waals surface area contributed by atoms with Crippen LogP contribution in [0.2, 0.25) is 0 Å². The molecule has 0 radical (unpaired) electrons. The number of nitrogens with one attached hydrogen (secondary N) is 9. The van der Waals surface area contributed by atoms with E-state index in [1.165, 1.54) is 84.8 Å². The number of rotatable bonds is 38. The second-order valence-electron chi connectivity index (χ2n) is 18.9. The molecule has 1 aromatic heterocycles. The van der Waals surface area contributed by atoms with Crippen molar-refractivity contribution in [1.29, 1.82) is 0 Å². The van der Waals surface area contributed by atoms with Gasteiger partial charge in [0.1, 0.15) is 36.3 Å². The third-order valence-corrected chi connectivity index (χ3v) is 12.7. The van der Waals surface area contributed by atoms with Crippen LogP contribution in [0.4, 0.5) is 0 Å². The average Bonchev–Trinajstić information content (AvgIpc) is 3.89. The van der Waals surface area contributed by atoms with Crippen molar-refractivity contribution in [2.24, 2.45) is 11.7 Å². The summed E-state index contributed by atoms with van der Waals surface area (Å²) < 4.78 is 0. The van der Waals surface area contributed by atoms with E-state index in [1.54, 1.807) is 26.0 Å². The average molecular weight is 1020 g/mol. The fourth-order valence-electron chi connectivity index (χ4n) is 7.99. The summed E-state index contributed by atoms with van der Waals surface area (Å²) in [5.41, 5.74) is 6.66. The zero-order valence-electron chi connectivity index (χ0n) is 43.9. The van der Waals surface area contributed by atoms with Crippen molar-refractivity contribution in [3.8, 4) is 0 Å². The molecule has 0 aliphatic carbocycles. The quantitative estimate of drug-likeness (QED) is 0.0433. The first-order chi connectivity index (χ1) is 34.9. The SMILES string of the molecule is CCCCCCCCCCCCCCCC(=O)N[C@@H](CCC(N)=O)C(=O)N[C@H](C(=O)N[C@H](C(=O)N[C@@H](C)C(=O)NCC(=O)N[C@@H](Cc1cnc[nH]1)C(=O)N[C@@H](Cc1ccccc1)C(=O)NC)[C@@H](C)CC)[C@@H](C)O. The molecule has 0 saturated heterocycles. The number of nitrogens with two attached hydrogens (primary N) is 1. The predicted octanol–water partition coefficient (Wildman–Crippen LogP) is 2.16. The van der Waals surface area contributed by atoms with Gasteiger partial charge in [0.2, 0.25) is 53.2 Å². The summed E-state index contributed by atoms with van der Waals surface area (Å²) in [6.07, 6.45) is 16.5. The van der Waals surface area contributed by atoms with Crippen LogP contribution in [-0.4, -0.2) is 124 Å². The molecule has 9 amide bonds. The van der Waals surface area contributed by atoms with Crippen molar-refractivity contribution in [3.63, 3.8) is 0 Å². The fraction of sp³-hybridized carbons (Fsp3) is 0.654. The van der Waals surface area contributed by atoms with Crippen LogP contribution in [0.1, 0.15) is 155 Å². The molecule has 8 atom stereocenters. The summed E-state index contributed by atoms with van der Waals surface area (Å²) in [5.74, 6) is -6.83. The molecule has 2 rings (SSSR count). The largest absolute Gasteiger partial charge is 0.391 e. The van der Waals surface area contributed by atoms with Gasteiger partial charge in [-0.15, -0.1) is 0 Å². The molecule has 21 heteroatoms. The maximum atomic E-state index is 13.7. The highest BCUT2D eigenvalue weighted by molar-refractivity contribution is 5.97. The Bertz CT molecular complexity index is 2000. The molecule has 0 bridgehead atoms. The van der Waals surface area contributed by atoms with E-state index < -0.39 is 108 Å². The number of aliphatic hydroxyl groups is 1. The molecule has 0 saturated carbocycles. The Kier molecular flexibility index (Phi) is 30.7. The van der Waals surface area contributed by atoms with Crippen molar-refractivity contribution in [1.82, 2.24) is 52.5 Å². The highest BCUT2D eigenvalue weighted by Crippen LogP contribution is 2.14. The lowest BCUT2D eigenvalue weighted by Gasteiger charge is -2.29. The van der Waals surface area contributed by atoms with E-state index in [0.29, 0.717) is 18.5 Å².